The van der Waals surface area contributed by atoms with Gasteiger partial charge in [-0.1, -0.05) is 48.9 Å². The first-order chi connectivity index (χ1) is 11.3. The average Bonchev–Trinajstić information content (AvgIpc) is 2.59. The van der Waals surface area contributed by atoms with Crippen LogP contribution < -0.4 is 0 Å². The van der Waals surface area contributed by atoms with E-state index < -0.39 is 0 Å². The van der Waals surface area contributed by atoms with Gasteiger partial charge in [0.25, 0.3) is 0 Å². The molecule has 2 heteroatoms. The standard InChI is InChI=1S/C21H25NO/c23-20-10-4-8-18(14-20)21-11-5-9-19(15-21)22(13-12-21)16-17-6-2-1-3-7-17/h1-4,6-8,10,14,19,23H,5,9,11-13,15-16H2/t19-,21+/m0/s1. The van der Waals surface area contributed by atoms with Crippen molar-refractivity contribution in [3.63, 3.8) is 0 Å². The van der Waals surface area contributed by atoms with Crippen LogP contribution in [0.3, 0.4) is 0 Å². The van der Waals surface area contributed by atoms with Gasteiger partial charge in [0.1, 0.15) is 5.75 Å². The summed E-state index contributed by atoms with van der Waals surface area (Å²) in [6, 6.07) is 19.5. The van der Waals surface area contributed by atoms with Crippen molar-refractivity contribution in [2.24, 2.45) is 0 Å². The van der Waals surface area contributed by atoms with Crippen LogP contribution in [0.4, 0.5) is 0 Å². The summed E-state index contributed by atoms with van der Waals surface area (Å²) in [4.78, 5) is 2.68. The molecule has 120 valence electrons. The van der Waals surface area contributed by atoms with Crippen molar-refractivity contribution in [2.45, 2.75) is 50.1 Å². The first-order valence-corrected chi connectivity index (χ1v) is 8.83. The Morgan fingerprint density at radius 1 is 1.04 bits per heavy atom. The molecule has 2 atom stereocenters. The zero-order valence-corrected chi connectivity index (χ0v) is 13.6. The third-order valence-corrected chi connectivity index (χ3v) is 5.90. The smallest absolute Gasteiger partial charge is 0.115 e. The molecule has 1 heterocycles. The highest BCUT2D eigenvalue weighted by Crippen LogP contribution is 2.47. The van der Waals surface area contributed by atoms with E-state index >= 15 is 0 Å². The molecule has 4 rings (SSSR count). The number of hydrogen-bond acceptors (Lipinski definition) is 2. The molecule has 0 unspecified atom stereocenters. The fourth-order valence-electron chi connectivity index (χ4n) is 4.68. The van der Waals surface area contributed by atoms with Gasteiger partial charge in [-0.25, -0.2) is 0 Å². The van der Waals surface area contributed by atoms with Gasteiger partial charge in [0.2, 0.25) is 0 Å². The lowest BCUT2D eigenvalue weighted by Gasteiger charge is -2.51. The molecule has 1 saturated carbocycles. The van der Waals surface area contributed by atoms with Gasteiger partial charge in [0, 0.05) is 12.6 Å². The lowest BCUT2D eigenvalue weighted by molar-refractivity contribution is 0.0458. The van der Waals surface area contributed by atoms with Crippen LogP contribution in [0.15, 0.2) is 54.6 Å². The molecule has 1 aliphatic heterocycles. The minimum absolute atomic E-state index is 0.287. The molecule has 0 aromatic heterocycles. The van der Waals surface area contributed by atoms with Crippen molar-refractivity contribution in [1.29, 1.82) is 0 Å². The van der Waals surface area contributed by atoms with Crippen LogP contribution in [0.25, 0.3) is 0 Å². The van der Waals surface area contributed by atoms with E-state index in [1.165, 1.54) is 43.2 Å². The largest absolute Gasteiger partial charge is 0.508 e. The van der Waals surface area contributed by atoms with E-state index in [9.17, 15) is 5.11 Å². The molecule has 1 saturated heterocycles. The van der Waals surface area contributed by atoms with Crippen molar-refractivity contribution >= 4 is 0 Å². The lowest BCUT2D eigenvalue weighted by Crippen LogP contribution is -2.51. The fraction of sp³-hybridized carbons (Fsp3) is 0.429. The van der Waals surface area contributed by atoms with E-state index in [1.54, 1.807) is 6.07 Å². The molecule has 2 aromatic rings. The topological polar surface area (TPSA) is 23.5 Å². The van der Waals surface area contributed by atoms with Gasteiger partial charge in [-0.3, -0.25) is 4.90 Å². The molecule has 23 heavy (non-hydrogen) atoms. The molecule has 0 radical (unpaired) electrons. The highest BCUT2D eigenvalue weighted by molar-refractivity contribution is 5.34. The normalized spacial score (nSPS) is 27.7. The molecule has 2 nitrogen and oxygen atoms in total. The van der Waals surface area contributed by atoms with Crippen LogP contribution >= 0.6 is 0 Å². The van der Waals surface area contributed by atoms with Crippen molar-refractivity contribution in [3.8, 4) is 5.75 Å². The van der Waals surface area contributed by atoms with Gasteiger partial charge in [-0.15, -0.1) is 0 Å². The second kappa shape index (κ2) is 6.01. The SMILES string of the molecule is Oc1cccc([C@@]23CCC[C@@H](C2)N(Cc2ccccc2)CC3)c1. The summed E-state index contributed by atoms with van der Waals surface area (Å²) in [7, 11) is 0. The summed E-state index contributed by atoms with van der Waals surface area (Å²) in [6.45, 7) is 2.23. The third-order valence-electron chi connectivity index (χ3n) is 5.90. The monoisotopic (exact) mass is 307 g/mol. The van der Waals surface area contributed by atoms with Crippen LogP contribution in [0.1, 0.15) is 43.2 Å². The number of phenols is 1. The number of phenolic OH excluding ortho intramolecular Hbond substituents is 1. The summed E-state index contributed by atoms with van der Waals surface area (Å²) < 4.78 is 0. The first kappa shape index (κ1) is 14.8. The Morgan fingerprint density at radius 2 is 1.91 bits per heavy atom. The Labute approximate surface area is 138 Å². The Morgan fingerprint density at radius 3 is 2.74 bits per heavy atom. The predicted octanol–water partition coefficient (Wildman–Crippen LogP) is 4.48. The van der Waals surface area contributed by atoms with Gasteiger partial charge in [-0.2, -0.15) is 0 Å². The maximum absolute atomic E-state index is 9.87. The Kier molecular flexibility index (Phi) is 3.86. The Balaban J connectivity index is 1.54. The minimum atomic E-state index is 0.287. The maximum atomic E-state index is 9.87. The number of hydrogen-bond donors (Lipinski definition) is 1. The maximum Gasteiger partial charge on any atom is 0.115 e. The van der Waals surface area contributed by atoms with Gasteiger partial charge >= 0.3 is 0 Å². The van der Waals surface area contributed by atoms with Crippen LogP contribution in [0, 0.1) is 0 Å². The van der Waals surface area contributed by atoms with E-state index in [0.717, 1.165) is 13.1 Å². The van der Waals surface area contributed by atoms with Crippen LogP contribution in [-0.4, -0.2) is 22.6 Å². The van der Waals surface area contributed by atoms with Crippen molar-refractivity contribution in [3.05, 3.63) is 65.7 Å². The molecular weight excluding hydrogens is 282 g/mol. The van der Waals surface area contributed by atoms with Gasteiger partial charge in [0.15, 0.2) is 0 Å². The molecule has 2 aliphatic rings. The lowest BCUT2D eigenvalue weighted by atomic mass is 9.63. The van der Waals surface area contributed by atoms with Gasteiger partial charge in [0.05, 0.1) is 0 Å². The summed E-state index contributed by atoms with van der Waals surface area (Å²) in [6.07, 6.45) is 6.33. The van der Waals surface area contributed by atoms with E-state index in [1.807, 2.05) is 12.1 Å². The van der Waals surface area contributed by atoms with Crippen LogP contribution in [-0.2, 0) is 12.0 Å². The zero-order valence-electron chi connectivity index (χ0n) is 13.6. The zero-order chi connectivity index (χ0) is 15.7. The molecule has 1 N–H and O–H groups in total. The van der Waals surface area contributed by atoms with Crippen LogP contribution in [0.5, 0.6) is 5.75 Å². The molecule has 2 bridgehead atoms. The summed E-state index contributed by atoms with van der Waals surface area (Å²) in [5, 5.41) is 9.87. The number of aromatic hydroxyl groups is 1. The highest BCUT2D eigenvalue weighted by Gasteiger charge is 2.43. The quantitative estimate of drug-likeness (QED) is 0.904. The Bertz CT molecular complexity index is 669. The summed E-state index contributed by atoms with van der Waals surface area (Å²) >= 11 is 0. The molecule has 2 fully saturated rings. The number of nitrogens with zero attached hydrogens (tertiary/aromatic N) is 1. The minimum Gasteiger partial charge on any atom is -0.508 e. The van der Waals surface area contributed by atoms with Gasteiger partial charge < -0.3 is 5.11 Å². The van der Waals surface area contributed by atoms with Crippen LogP contribution in [0.2, 0.25) is 0 Å². The first-order valence-electron chi connectivity index (χ1n) is 8.83. The third kappa shape index (κ3) is 2.88. The molecular formula is C21H25NO. The van der Waals surface area contributed by atoms with Gasteiger partial charge in [-0.05, 0) is 60.9 Å². The molecule has 1 aliphatic carbocycles. The predicted molar refractivity (Wildman–Crippen MR) is 93.5 cm³/mol. The van der Waals surface area contributed by atoms with E-state index in [0.29, 0.717) is 11.8 Å². The highest BCUT2D eigenvalue weighted by atomic mass is 16.3. The van der Waals surface area contributed by atoms with E-state index in [-0.39, 0.29) is 5.41 Å². The molecule has 0 spiro atoms. The summed E-state index contributed by atoms with van der Waals surface area (Å²) in [5.74, 6) is 0.408. The fourth-order valence-corrected chi connectivity index (χ4v) is 4.68. The molecule has 0 amide bonds. The van der Waals surface area contributed by atoms with Crippen molar-refractivity contribution in [1.82, 2.24) is 4.90 Å². The second-order valence-electron chi connectivity index (χ2n) is 7.29. The number of likely N-dealkylation sites (tertiary alicyclic amines) is 1. The van der Waals surface area contributed by atoms with E-state index in [2.05, 4.69) is 41.3 Å². The molecule has 2 aromatic carbocycles. The second-order valence-corrected chi connectivity index (χ2v) is 7.29. The number of fused-ring (bicyclic) bond motifs is 2. The number of rotatable bonds is 3. The number of benzene rings is 2. The number of piperidine rings is 1. The Hall–Kier alpha value is -1.80. The average molecular weight is 307 g/mol. The summed E-state index contributed by atoms with van der Waals surface area (Å²) in [5.41, 5.74) is 3.05. The van der Waals surface area contributed by atoms with Crippen molar-refractivity contribution in [2.75, 3.05) is 6.54 Å². The van der Waals surface area contributed by atoms with Crippen molar-refractivity contribution < 1.29 is 5.11 Å². The van der Waals surface area contributed by atoms with E-state index in [4.69, 9.17) is 0 Å².